The summed E-state index contributed by atoms with van der Waals surface area (Å²) in [6.07, 6.45) is 0.901. The molecule has 1 unspecified atom stereocenters. The van der Waals surface area contributed by atoms with Gasteiger partial charge in [-0.1, -0.05) is 0 Å². The number of ether oxygens (including phenoxy) is 3. The van der Waals surface area contributed by atoms with Crippen LogP contribution in [-0.4, -0.2) is 76.6 Å². The van der Waals surface area contributed by atoms with Gasteiger partial charge in [-0.15, -0.1) is 0 Å². The second kappa shape index (κ2) is 9.79. The molecular formula is C12H28NO4+. The Morgan fingerprint density at radius 2 is 1.76 bits per heavy atom. The summed E-state index contributed by atoms with van der Waals surface area (Å²) in [7, 11) is 5.86. The van der Waals surface area contributed by atoms with Crippen LogP contribution in [0.15, 0.2) is 0 Å². The van der Waals surface area contributed by atoms with Crippen molar-refractivity contribution in [3.05, 3.63) is 0 Å². The normalized spacial score (nSPS) is 13.9. The van der Waals surface area contributed by atoms with Crippen LogP contribution < -0.4 is 0 Å². The van der Waals surface area contributed by atoms with Gasteiger partial charge in [0.05, 0.1) is 47.1 Å². The smallest absolute Gasteiger partial charge is 0.190 e. The minimum absolute atomic E-state index is 0.104. The Labute approximate surface area is 105 Å². The molecule has 0 amide bonds. The van der Waals surface area contributed by atoms with Crippen LogP contribution in [0, 0.1) is 0 Å². The molecule has 1 atom stereocenters. The summed E-state index contributed by atoms with van der Waals surface area (Å²) in [4.78, 5) is 0. The predicted molar refractivity (Wildman–Crippen MR) is 66.8 cm³/mol. The maximum atomic E-state index is 8.83. The lowest BCUT2D eigenvalue weighted by Crippen LogP contribution is -2.49. The summed E-state index contributed by atoms with van der Waals surface area (Å²) in [5, 5.41) is 8.83. The molecule has 0 saturated heterocycles. The van der Waals surface area contributed by atoms with Crippen LogP contribution >= 0.6 is 0 Å². The molecule has 0 saturated carbocycles. The monoisotopic (exact) mass is 250 g/mol. The van der Waals surface area contributed by atoms with Gasteiger partial charge >= 0.3 is 0 Å². The van der Waals surface area contributed by atoms with E-state index in [1.807, 2.05) is 6.92 Å². The third-order valence-electron chi connectivity index (χ3n) is 2.90. The van der Waals surface area contributed by atoms with Crippen molar-refractivity contribution in [3.63, 3.8) is 0 Å². The van der Waals surface area contributed by atoms with Crippen molar-refractivity contribution in [1.29, 1.82) is 0 Å². The molecule has 0 aromatic heterocycles. The molecule has 0 rings (SSSR count). The molecular weight excluding hydrogens is 222 g/mol. The molecule has 0 radical (unpaired) electrons. The number of quaternary nitrogens is 1. The van der Waals surface area contributed by atoms with Crippen LogP contribution in [0.2, 0.25) is 0 Å². The number of aliphatic hydroxyl groups is 1. The molecule has 0 aromatic carbocycles. The molecule has 5 heteroatoms. The number of rotatable bonds is 11. The van der Waals surface area contributed by atoms with Crippen LogP contribution in [-0.2, 0) is 14.2 Å². The average Bonchev–Trinajstić information content (AvgIpc) is 2.30. The first-order valence-electron chi connectivity index (χ1n) is 6.16. The Morgan fingerprint density at radius 1 is 1.12 bits per heavy atom. The summed E-state index contributed by atoms with van der Waals surface area (Å²) < 4.78 is 16.7. The van der Waals surface area contributed by atoms with Crippen molar-refractivity contribution < 1.29 is 23.8 Å². The van der Waals surface area contributed by atoms with Gasteiger partial charge < -0.3 is 23.8 Å². The molecule has 0 heterocycles. The Balaban J connectivity index is 3.58. The van der Waals surface area contributed by atoms with E-state index in [2.05, 4.69) is 14.1 Å². The van der Waals surface area contributed by atoms with Crippen LogP contribution in [0.1, 0.15) is 13.3 Å². The van der Waals surface area contributed by atoms with E-state index >= 15 is 0 Å². The zero-order chi connectivity index (χ0) is 13.1. The summed E-state index contributed by atoms with van der Waals surface area (Å²) >= 11 is 0. The Morgan fingerprint density at radius 3 is 2.35 bits per heavy atom. The number of hydrogen-bond acceptors (Lipinski definition) is 4. The zero-order valence-corrected chi connectivity index (χ0v) is 11.6. The van der Waals surface area contributed by atoms with E-state index in [1.54, 1.807) is 7.11 Å². The molecule has 1 N–H and O–H groups in total. The van der Waals surface area contributed by atoms with Crippen molar-refractivity contribution in [3.8, 4) is 0 Å². The first-order chi connectivity index (χ1) is 8.04. The molecule has 17 heavy (non-hydrogen) atoms. The Kier molecular flexibility index (Phi) is 9.68. The van der Waals surface area contributed by atoms with Gasteiger partial charge in [-0.25, -0.2) is 0 Å². The minimum atomic E-state index is 0.104. The SMILES string of the molecule is COCCOCCOC(C)[N+](C)(C)CCCO. The minimum Gasteiger partial charge on any atom is -0.396 e. The van der Waals surface area contributed by atoms with E-state index < -0.39 is 0 Å². The first kappa shape index (κ1) is 16.8. The van der Waals surface area contributed by atoms with Crippen LogP contribution in [0.5, 0.6) is 0 Å². The lowest BCUT2D eigenvalue weighted by atomic mass is 10.3. The van der Waals surface area contributed by atoms with E-state index in [9.17, 15) is 0 Å². The van der Waals surface area contributed by atoms with E-state index in [4.69, 9.17) is 19.3 Å². The van der Waals surface area contributed by atoms with Crippen LogP contribution in [0.4, 0.5) is 0 Å². The highest BCUT2D eigenvalue weighted by Gasteiger charge is 2.23. The fourth-order valence-corrected chi connectivity index (χ4v) is 1.38. The average molecular weight is 250 g/mol. The highest BCUT2D eigenvalue weighted by molar-refractivity contribution is 4.40. The van der Waals surface area contributed by atoms with Gasteiger partial charge in [0.1, 0.15) is 0 Å². The van der Waals surface area contributed by atoms with Crippen LogP contribution in [0.3, 0.4) is 0 Å². The molecule has 0 aliphatic heterocycles. The molecule has 0 spiro atoms. The number of aliphatic hydroxyl groups excluding tert-OH is 1. The lowest BCUT2D eigenvalue weighted by Gasteiger charge is -2.35. The van der Waals surface area contributed by atoms with Gasteiger partial charge in [-0.05, 0) is 0 Å². The third kappa shape index (κ3) is 8.51. The van der Waals surface area contributed by atoms with E-state index in [1.165, 1.54) is 0 Å². The summed E-state index contributed by atoms with van der Waals surface area (Å²) in [6, 6.07) is 0. The topological polar surface area (TPSA) is 47.9 Å². The number of nitrogens with zero attached hydrogens (tertiary/aromatic N) is 1. The van der Waals surface area contributed by atoms with Gasteiger partial charge in [0.2, 0.25) is 0 Å². The maximum Gasteiger partial charge on any atom is 0.190 e. The van der Waals surface area contributed by atoms with Crippen molar-refractivity contribution in [2.24, 2.45) is 0 Å². The predicted octanol–water partition coefficient (Wildman–Crippen LogP) is 0.471. The van der Waals surface area contributed by atoms with E-state index in [0.29, 0.717) is 26.4 Å². The molecule has 0 aliphatic carbocycles. The fourth-order valence-electron chi connectivity index (χ4n) is 1.38. The fraction of sp³-hybridized carbons (Fsp3) is 1.00. The summed E-state index contributed by atoms with van der Waals surface area (Å²) in [5.41, 5.74) is 0. The largest absolute Gasteiger partial charge is 0.396 e. The van der Waals surface area contributed by atoms with Gasteiger partial charge in [0, 0.05) is 27.1 Å². The number of methoxy groups -OCH3 is 1. The molecule has 104 valence electrons. The molecule has 5 nitrogen and oxygen atoms in total. The number of hydrogen-bond donors (Lipinski definition) is 1. The first-order valence-corrected chi connectivity index (χ1v) is 6.16. The van der Waals surface area contributed by atoms with Crippen molar-refractivity contribution in [2.75, 3.05) is 60.8 Å². The third-order valence-corrected chi connectivity index (χ3v) is 2.90. The van der Waals surface area contributed by atoms with Gasteiger partial charge in [0.15, 0.2) is 6.23 Å². The maximum absolute atomic E-state index is 8.83. The highest BCUT2D eigenvalue weighted by atomic mass is 16.5. The van der Waals surface area contributed by atoms with Gasteiger partial charge in [-0.3, -0.25) is 0 Å². The zero-order valence-electron chi connectivity index (χ0n) is 11.6. The Bertz CT molecular complexity index is 176. The summed E-state index contributed by atoms with van der Waals surface area (Å²) in [5.74, 6) is 0. The molecule has 0 aliphatic rings. The summed E-state index contributed by atoms with van der Waals surface area (Å²) in [6.45, 7) is 5.59. The van der Waals surface area contributed by atoms with E-state index in [0.717, 1.165) is 17.4 Å². The quantitative estimate of drug-likeness (QED) is 0.329. The standard InChI is InChI=1S/C12H28NO4/c1-12(13(2,3)6-5-7-14)17-11-10-16-9-8-15-4/h12,14H,5-11H2,1-4H3/q+1. The van der Waals surface area contributed by atoms with Crippen molar-refractivity contribution >= 4 is 0 Å². The van der Waals surface area contributed by atoms with Gasteiger partial charge in [-0.2, -0.15) is 0 Å². The molecule has 0 bridgehead atoms. The molecule has 0 aromatic rings. The second-order valence-electron chi connectivity index (χ2n) is 4.65. The second-order valence-corrected chi connectivity index (χ2v) is 4.65. The lowest BCUT2D eigenvalue weighted by molar-refractivity contribution is -0.935. The molecule has 0 fully saturated rings. The van der Waals surface area contributed by atoms with Gasteiger partial charge in [0.25, 0.3) is 0 Å². The van der Waals surface area contributed by atoms with Crippen molar-refractivity contribution in [2.45, 2.75) is 19.6 Å². The van der Waals surface area contributed by atoms with Crippen LogP contribution in [0.25, 0.3) is 0 Å². The Hall–Kier alpha value is -0.200. The highest BCUT2D eigenvalue weighted by Crippen LogP contribution is 2.08. The van der Waals surface area contributed by atoms with Crippen molar-refractivity contribution in [1.82, 2.24) is 0 Å². The van der Waals surface area contributed by atoms with E-state index in [-0.39, 0.29) is 12.8 Å².